The van der Waals surface area contributed by atoms with Crippen molar-refractivity contribution in [1.29, 1.82) is 0 Å². The van der Waals surface area contributed by atoms with E-state index in [1.165, 1.54) is 0 Å². The average Bonchev–Trinajstić information content (AvgIpc) is 2.99. The molecule has 0 spiro atoms. The highest BCUT2D eigenvalue weighted by molar-refractivity contribution is 7.09. The molecule has 0 radical (unpaired) electrons. The fourth-order valence-electron chi connectivity index (χ4n) is 1.96. The first-order valence-corrected chi connectivity index (χ1v) is 8.25. The molecule has 0 saturated heterocycles. The molecule has 1 N–H and O–H groups in total. The minimum atomic E-state index is -0.466. The van der Waals surface area contributed by atoms with E-state index >= 15 is 0 Å². The Hall–Kier alpha value is -1.92. The molecule has 0 saturated carbocycles. The summed E-state index contributed by atoms with van der Waals surface area (Å²) >= 11 is 1.55. The smallest absolute Gasteiger partial charge is 0.410 e. The van der Waals surface area contributed by atoms with E-state index in [2.05, 4.69) is 29.0 Å². The Morgan fingerprint density at radius 1 is 1.27 bits per heavy atom. The van der Waals surface area contributed by atoms with Crippen molar-refractivity contribution in [1.82, 2.24) is 15.2 Å². The van der Waals surface area contributed by atoms with Crippen molar-refractivity contribution in [2.24, 2.45) is 0 Å². The molecule has 0 aliphatic rings. The van der Waals surface area contributed by atoms with E-state index in [0.29, 0.717) is 12.3 Å². The molecule has 5 nitrogen and oxygen atoms in total. The predicted molar refractivity (Wildman–Crippen MR) is 88.0 cm³/mol. The zero-order chi connectivity index (χ0) is 15.8. The lowest BCUT2D eigenvalue weighted by Gasteiger charge is -2.15. The van der Waals surface area contributed by atoms with Gasteiger partial charge in [0, 0.05) is 11.9 Å². The van der Waals surface area contributed by atoms with Gasteiger partial charge in [0.15, 0.2) is 0 Å². The fraction of sp³-hybridized carbons (Fsp3) is 0.375. The maximum absolute atomic E-state index is 11.7. The van der Waals surface area contributed by atoms with Gasteiger partial charge in [-0.05, 0) is 25.2 Å². The van der Waals surface area contributed by atoms with Crippen LogP contribution in [0.2, 0.25) is 0 Å². The summed E-state index contributed by atoms with van der Waals surface area (Å²) in [5.41, 5.74) is 1.04. The number of carbonyl (C=O) groups excluding carboxylic acids is 1. The second-order valence-corrected chi connectivity index (χ2v) is 5.69. The highest BCUT2D eigenvalue weighted by Gasteiger charge is 2.08. The van der Waals surface area contributed by atoms with Gasteiger partial charge in [-0.1, -0.05) is 32.0 Å². The van der Waals surface area contributed by atoms with Gasteiger partial charge in [-0.2, -0.15) is 0 Å². The summed E-state index contributed by atoms with van der Waals surface area (Å²) in [5, 5.41) is 5.64. The van der Waals surface area contributed by atoms with E-state index in [4.69, 9.17) is 4.74 Å². The van der Waals surface area contributed by atoms with Gasteiger partial charge < -0.3 is 10.1 Å². The largest absolute Gasteiger partial charge is 0.412 e. The number of carbonyl (C=O) groups is 1. The van der Waals surface area contributed by atoms with E-state index < -0.39 is 6.09 Å². The molecule has 1 aromatic heterocycles. The van der Waals surface area contributed by atoms with Crippen LogP contribution in [0.1, 0.15) is 24.5 Å². The number of hydrogen-bond donors (Lipinski definition) is 1. The van der Waals surface area contributed by atoms with Gasteiger partial charge in [0.05, 0.1) is 12.2 Å². The van der Waals surface area contributed by atoms with Crippen LogP contribution in [0.4, 0.5) is 4.79 Å². The van der Waals surface area contributed by atoms with Crippen LogP contribution in [0, 0.1) is 0 Å². The number of rotatable bonds is 7. The van der Waals surface area contributed by atoms with Gasteiger partial charge in [-0.15, -0.1) is 11.3 Å². The molecule has 1 heterocycles. The SMILES string of the molecule is CCN(CC)Cc1csc(CNC(=O)Oc2ccccc2)n1. The van der Waals surface area contributed by atoms with Crippen LogP contribution in [-0.4, -0.2) is 29.1 Å². The Morgan fingerprint density at radius 3 is 2.68 bits per heavy atom. The lowest BCUT2D eigenvalue weighted by molar-refractivity contribution is 0.200. The van der Waals surface area contributed by atoms with Crippen LogP contribution in [0.3, 0.4) is 0 Å². The van der Waals surface area contributed by atoms with Gasteiger partial charge in [-0.3, -0.25) is 4.90 Å². The molecule has 6 heteroatoms. The summed E-state index contributed by atoms with van der Waals surface area (Å²) < 4.78 is 5.16. The highest BCUT2D eigenvalue weighted by atomic mass is 32.1. The number of nitrogens with one attached hydrogen (secondary N) is 1. The third-order valence-electron chi connectivity index (χ3n) is 3.22. The van der Waals surface area contributed by atoms with Crippen molar-refractivity contribution in [3.8, 4) is 5.75 Å². The van der Waals surface area contributed by atoms with Crippen LogP contribution in [-0.2, 0) is 13.1 Å². The van der Waals surface area contributed by atoms with Crippen molar-refractivity contribution in [3.05, 3.63) is 46.4 Å². The summed E-state index contributed by atoms with van der Waals surface area (Å²) in [4.78, 5) is 18.5. The van der Waals surface area contributed by atoms with Crippen LogP contribution in [0.15, 0.2) is 35.7 Å². The number of ether oxygens (including phenoxy) is 1. The molecule has 1 amide bonds. The normalized spacial score (nSPS) is 10.7. The summed E-state index contributed by atoms with van der Waals surface area (Å²) in [6.07, 6.45) is -0.466. The van der Waals surface area contributed by atoms with Gasteiger partial charge >= 0.3 is 6.09 Å². The maximum Gasteiger partial charge on any atom is 0.412 e. The first-order chi connectivity index (χ1) is 10.7. The lowest BCUT2D eigenvalue weighted by Crippen LogP contribution is -2.26. The summed E-state index contributed by atoms with van der Waals surface area (Å²) in [6.45, 7) is 7.51. The summed E-state index contributed by atoms with van der Waals surface area (Å²) in [5.74, 6) is 0.529. The first-order valence-electron chi connectivity index (χ1n) is 7.37. The lowest BCUT2D eigenvalue weighted by atomic mass is 10.3. The van der Waals surface area contributed by atoms with Crippen LogP contribution in [0.25, 0.3) is 0 Å². The second-order valence-electron chi connectivity index (χ2n) is 4.75. The van der Waals surface area contributed by atoms with Crippen molar-refractivity contribution >= 4 is 17.4 Å². The van der Waals surface area contributed by atoms with E-state index in [1.807, 2.05) is 23.6 Å². The summed E-state index contributed by atoms with van der Waals surface area (Å²) in [6, 6.07) is 9.00. The number of thiazole rings is 1. The van der Waals surface area contributed by atoms with Gasteiger partial charge in [0.1, 0.15) is 10.8 Å². The molecule has 0 bridgehead atoms. The Labute approximate surface area is 134 Å². The molecule has 0 aliphatic heterocycles. The van der Waals surface area contributed by atoms with Crippen LogP contribution >= 0.6 is 11.3 Å². The van der Waals surface area contributed by atoms with Gasteiger partial charge in [0.25, 0.3) is 0 Å². The maximum atomic E-state index is 11.7. The Kier molecular flexibility index (Phi) is 6.36. The molecule has 2 aromatic rings. The van der Waals surface area contributed by atoms with Crippen molar-refractivity contribution in [2.45, 2.75) is 26.9 Å². The molecule has 2 rings (SSSR count). The van der Waals surface area contributed by atoms with E-state index in [0.717, 1.165) is 30.3 Å². The minimum Gasteiger partial charge on any atom is -0.410 e. The Morgan fingerprint density at radius 2 is 2.00 bits per heavy atom. The van der Waals surface area contributed by atoms with E-state index in [-0.39, 0.29) is 0 Å². The topological polar surface area (TPSA) is 54.5 Å². The molecular formula is C16H21N3O2S. The highest BCUT2D eigenvalue weighted by Crippen LogP contribution is 2.12. The first kappa shape index (κ1) is 16.5. The summed E-state index contributed by atoms with van der Waals surface area (Å²) in [7, 11) is 0. The second kappa shape index (κ2) is 8.51. The van der Waals surface area contributed by atoms with Crippen LogP contribution in [0.5, 0.6) is 5.75 Å². The predicted octanol–water partition coefficient (Wildman–Crippen LogP) is 3.27. The molecule has 0 atom stereocenters. The molecule has 1 aromatic carbocycles. The number of benzene rings is 1. The number of para-hydroxylation sites is 1. The van der Waals surface area contributed by atoms with Gasteiger partial charge in [0.2, 0.25) is 0 Å². The van der Waals surface area contributed by atoms with E-state index in [9.17, 15) is 4.79 Å². The monoisotopic (exact) mass is 319 g/mol. The molecule has 0 fully saturated rings. The van der Waals surface area contributed by atoms with Crippen molar-refractivity contribution in [2.75, 3.05) is 13.1 Å². The number of nitrogens with zero attached hydrogens (tertiary/aromatic N) is 2. The molecule has 118 valence electrons. The van der Waals surface area contributed by atoms with Gasteiger partial charge in [-0.25, -0.2) is 9.78 Å². The molecule has 0 aliphatic carbocycles. The third kappa shape index (κ3) is 5.13. The Balaban J connectivity index is 1.79. The number of amides is 1. The Bertz CT molecular complexity index is 582. The molecule has 22 heavy (non-hydrogen) atoms. The van der Waals surface area contributed by atoms with Crippen LogP contribution < -0.4 is 10.1 Å². The average molecular weight is 319 g/mol. The number of hydrogen-bond acceptors (Lipinski definition) is 5. The quantitative estimate of drug-likeness (QED) is 0.851. The zero-order valence-corrected chi connectivity index (χ0v) is 13.7. The standard InChI is InChI=1S/C16H21N3O2S/c1-3-19(4-2)11-13-12-22-15(18-13)10-17-16(20)21-14-8-6-5-7-9-14/h5-9,12H,3-4,10-11H2,1-2H3,(H,17,20). The fourth-order valence-corrected chi connectivity index (χ4v) is 2.68. The van der Waals surface area contributed by atoms with Crippen molar-refractivity contribution in [3.63, 3.8) is 0 Å². The number of aromatic nitrogens is 1. The van der Waals surface area contributed by atoms with E-state index in [1.54, 1.807) is 23.5 Å². The van der Waals surface area contributed by atoms with Crippen molar-refractivity contribution < 1.29 is 9.53 Å². The minimum absolute atomic E-state index is 0.384. The molecular weight excluding hydrogens is 298 g/mol. The zero-order valence-electron chi connectivity index (χ0n) is 12.9. The third-order valence-corrected chi connectivity index (χ3v) is 4.11. The molecule has 0 unspecified atom stereocenters.